The van der Waals surface area contributed by atoms with Crippen LogP contribution >= 0.6 is 0 Å². The molecule has 26 heavy (non-hydrogen) atoms. The zero-order valence-electron chi connectivity index (χ0n) is 15.8. The third kappa shape index (κ3) is 7.06. The van der Waals surface area contributed by atoms with Crippen molar-refractivity contribution in [2.24, 2.45) is 0 Å². The minimum Gasteiger partial charge on any atom is -0.493 e. The summed E-state index contributed by atoms with van der Waals surface area (Å²) < 4.78 is 16.4. The van der Waals surface area contributed by atoms with Crippen LogP contribution in [0.4, 0.5) is 0 Å². The molecule has 6 heteroatoms. The van der Waals surface area contributed by atoms with Crippen LogP contribution in [-0.2, 0) is 9.53 Å². The van der Waals surface area contributed by atoms with Gasteiger partial charge >= 0.3 is 0 Å². The lowest BCUT2D eigenvalue weighted by atomic mass is 10.2. The highest BCUT2D eigenvalue weighted by Crippen LogP contribution is 2.28. The largest absolute Gasteiger partial charge is 0.493 e. The molecule has 0 saturated carbocycles. The van der Waals surface area contributed by atoms with Gasteiger partial charge in [-0.05, 0) is 30.2 Å². The van der Waals surface area contributed by atoms with Crippen LogP contribution in [0.15, 0.2) is 24.3 Å². The number of rotatable bonds is 10. The van der Waals surface area contributed by atoms with Crippen molar-refractivity contribution < 1.29 is 19.0 Å². The molecule has 0 atom stereocenters. The van der Waals surface area contributed by atoms with Crippen molar-refractivity contribution in [3.8, 4) is 11.5 Å². The van der Waals surface area contributed by atoms with Gasteiger partial charge in [-0.3, -0.25) is 9.69 Å². The Labute approximate surface area is 156 Å². The Hall–Kier alpha value is -2.05. The van der Waals surface area contributed by atoms with Gasteiger partial charge in [-0.2, -0.15) is 0 Å². The average Bonchev–Trinajstić information content (AvgIpc) is 2.68. The number of ether oxygens (including phenoxy) is 3. The molecule has 1 heterocycles. The lowest BCUT2D eigenvalue weighted by molar-refractivity contribution is -0.116. The van der Waals surface area contributed by atoms with Crippen molar-refractivity contribution in [2.45, 2.75) is 19.8 Å². The number of carbonyl (C=O) groups is 1. The summed E-state index contributed by atoms with van der Waals surface area (Å²) in [6, 6.07) is 5.67. The molecule has 1 N–H and O–H groups in total. The molecule has 0 aromatic heterocycles. The van der Waals surface area contributed by atoms with Gasteiger partial charge in [-0.1, -0.05) is 19.4 Å². The van der Waals surface area contributed by atoms with Gasteiger partial charge < -0.3 is 19.5 Å². The zero-order valence-corrected chi connectivity index (χ0v) is 15.8. The van der Waals surface area contributed by atoms with Crippen LogP contribution in [0.3, 0.4) is 0 Å². The number of carbonyl (C=O) groups excluding carboxylic acids is 1. The van der Waals surface area contributed by atoms with E-state index in [1.807, 2.05) is 18.2 Å². The molecule has 1 aromatic carbocycles. The van der Waals surface area contributed by atoms with Gasteiger partial charge in [0.25, 0.3) is 0 Å². The summed E-state index contributed by atoms with van der Waals surface area (Å²) in [5.41, 5.74) is 0.896. The lowest BCUT2D eigenvalue weighted by Crippen LogP contribution is -2.41. The van der Waals surface area contributed by atoms with E-state index < -0.39 is 0 Å². The SMILES string of the molecule is CCCCOc1ccc(/C=C/C(=O)NCCN2CCOCC2)cc1OC. The van der Waals surface area contributed by atoms with Gasteiger partial charge in [-0.15, -0.1) is 0 Å². The van der Waals surface area contributed by atoms with Gasteiger partial charge in [0.1, 0.15) is 0 Å². The van der Waals surface area contributed by atoms with E-state index in [2.05, 4.69) is 17.1 Å². The van der Waals surface area contributed by atoms with Gasteiger partial charge in [0.15, 0.2) is 11.5 Å². The predicted octanol–water partition coefficient (Wildman–Crippen LogP) is 2.34. The topological polar surface area (TPSA) is 60.0 Å². The molecule has 1 aliphatic rings. The van der Waals surface area contributed by atoms with E-state index in [4.69, 9.17) is 14.2 Å². The third-order valence-electron chi connectivity index (χ3n) is 4.20. The molecule has 144 valence electrons. The van der Waals surface area contributed by atoms with Crippen LogP contribution in [0, 0.1) is 0 Å². The van der Waals surface area contributed by atoms with Crippen molar-refractivity contribution in [1.82, 2.24) is 10.2 Å². The summed E-state index contributed by atoms with van der Waals surface area (Å²) >= 11 is 0. The van der Waals surface area contributed by atoms with Crippen molar-refractivity contribution in [1.29, 1.82) is 0 Å². The van der Waals surface area contributed by atoms with Crippen LogP contribution in [0.1, 0.15) is 25.3 Å². The van der Waals surface area contributed by atoms with E-state index in [9.17, 15) is 4.79 Å². The third-order valence-corrected chi connectivity index (χ3v) is 4.20. The summed E-state index contributed by atoms with van der Waals surface area (Å²) in [4.78, 5) is 14.2. The fraction of sp³-hybridized carbons (Fsp3) is 0.550. The summed E-state index contributed by atoms with van der Waals surface area (Å²) in [6.45, 7) is 7.68. The fourth-order valence-electron chi connectivity index (χ4n) is 2.63. The standard InChI is InChI=1S/C20H30N2O4/c1-3-4-13-26-18-7-5-17(16-19(18)24-2)6-8-20(23)21-9-10-22-11-14-25-15-12-22/h5-8,16H,3-4,9-15H2,1-2H3,(H,21,23)/b8-6+. The number of nitrogens with one attached hydrogen (secondary N) is 1. The maximum Gasteiger partial charge on any atom is 0.244 e. The summed E-state index contributed by atoms with van der Waals surface area (Å²) in [6.07, 6.45) is 5.42. The van der Waals surface area contributed by atoms with Crippen LogP contribution in [-0.4, -0.2) is 63.9 Å². The summed E-state index contributed by atoms with van der Waals surface area (Å²) in [5.74, 6) is 1.31. The minimum atomic E-state index is -0.0968. The first-order valence-electron chi connectivity index (χ1n) is 9.29. The van der Waals surface area contributed by atoms with E-state index in [1.165, 1.54) is 0 Å². The second-order valence-electron chi connectivity index (χ2n) is 6.19. The Morgan fingerprint density at radius 3 is 2.85 bits per heavy atom. The van der Waals surface area contributed by atoms with Crippen molar-refractivity contribution in [3.05, 3.63) is 29.8 Å². The quantitative estimate of drug-likeness (QED) is 0.511. The number of hydrogen-bond donors (Lipinski definition) is 1. The van der Waals surface area contributed by atoms with E-state index in [0.717, 1.165) is 57.0 Å². The van der Waals surface area contributed by atoms with Crippen LogP contribution in [0.25, 0.3) is 6.08 Å². The Kier molecular flexibility index (Phi) is 9.00. The Morgan fingerprint density at radius 2 is 2.12 bits per heavy atom. The molecule has 2 rings (SSSR count). The number of morpholine rings is 1. The van der Waals surface area contributed by atoms with Crippen LogP contribution in [0.5, 0.6) is 11.5 Å². The van der Waals surface area contributed by atoms with E-state index in [0.29, 0.717) is 18.9 Å². The molecule has 0 aliphatic carbocycles. The maximum absolute atomic E-state index is 12.0. The monoisotopic (exact) mass is 362 g/mol. The van der Waals surface area contributed by atoms with E-state index in [1.54, 1.807) is 19.3 Å². The first-order valence-corrected chi connectivity index (χ1v) is 9.29. The van der Waals surface area contributed by atoms with Crippen LogP contribution in [0.2, 0.25) is 0 Å². The number of nitrogens with zero attached hydrogens (tertiary/aromatic N) is 1. The molecule has 0 radical (unpaired) electrons. The molecule has 1 saturated heterocycles. The van der Waals surface area contributed by atoms with Gasteiger partial charge in [-0.25, -0.2) is 0 Å². The summed E-state index contributed by atoms with van der Waals surface area (Å²) in [7, 11) is 1.62. The zero-order chi connectivity index (χ0) is 18.6. The minimum absolute atomic E-state index is 0.0968. The summed E-state index contributed by atoms with van der Waals surface area (Å²) in [5, 5.41) is 2.91. The highest BCUT2D eigenvalue weighted by molar-refractivity contribution is 5.91. The average molecular weight is 362 g/mol. The lowest BCUT2D eigenvalue weighted by Gasteiger charge is -2.26. The highest BCUT2D eigenvalue weighted by atomic mass is 16.5. The smallest absolute Gasteiger partial charge is 0.244 e. The van der Waals surface area contributed by atoms with Gasteiger partial charge in [0, 0.05) is 32.3 Å². The highest BCUT2D eigenvalue weighted by Gasteiger charge is 2.09. The van der Waals surface area contributed by atoms with Crippen molar-refractivity contribution >= 4 is 12.0 Å². The molecule has 0 bridgehead atoms. The van der Waals surface area contributed by atoms with Crippen molar-refractivity contribution in [2.75, 3.05) is 53.1 Å². The predicted molar refractivity (Wildman–Crippen MR) is 103 cm³/mol. The molecular formula is C20H30N2O4. The number of unbranched alkanes of at least 4 members (excludes halogenated alkanes) is 1. The molecule has 1 aromatic rings. The van der Waals surface area contributed by atoms with Crippen LogP contribution < -0.4 is 14.8 Å². The molecular weight excluding hydrogens is 332 g/mol. The van der Waals surface area contributed by atoms with Gasteiger partial charge in [0.2, 0.25) is 5.91 Å². The second kappa shape index (κ2) is 11.5. The number of benzene rings is 1. The van der Waals surface area contributed by atoms with E-state index in [-0.39, 0.29) is 5.91 Å². The molecule has 0 unspecified atom stereocenters. The Bertz CT molecular complexity index is 583. The fourth-order valence-corrected chi connectivity index (χ4v) is 2.63. The number of methoxy groups -OCH3 is 1. The molecule has 6 nitrogen and oxygen atoms in total. The Balaban J connectivity index is 1.79. The second-order valence-corrected chi connectivity index (χ2v) is 6.19. The normalized spacial score (nSPS) is 15.2. The number of amides is 1. The molecule has 0 spiro atoms. The Morgan fingerprint density at radius 1 is 1.31 bits per heavy atom. The molecule has 1 amide bonds. The first-order chi connectivity index (χ1) is 12.7. The molecule has 1 fully saturated rings. The number of hydrogen-bond acceptors (Lipinski definition) is 5. The van der Waals surface area contributed by atoms with E-state index >= 15 is 0 Å². The first kappa shape index (κ1) is 20.3. The van der Waals surface area contributed by atoms with Gasteiger partial charge in [0.05, 0.1) is 26.9 Å². The van der Waals surface area contributed by atoms with Crippen molar-refractivity contribution in [3.63, 3.8) is 0 Å². The maximum atomic E-state index is 12.0. The molecule has 1 aliphatic heterocycles.